The number of benzene rings is 2. The normalized spacial score (nSPS) is 12.2. The highest BCUT2D eigenvalue weighted by atomic mass is 16.5. The highest BCUT2D eigenvalue weighted by Crippen LogP contribution is 2.37. The molecule has 4 nitrogen and oxygen atoms in total. The molecule has 0 saturated heterocycles. The van der Waals surface area contributed by atoms with E-state index in [9.17, 15) is 4.79 Å². The molecule has 0 radical (unpaired) electrons. The number of aliphatic carboxylic acids is 1. The molecule has 0 aliphatic heterocycles. The number of hydrogen-bond donors (Lipinski definition) is 1. The van der Waals surface area contributed by atoms with Gasteiger partial charge in [-0.25, -0.2) is 0 Å². The van der Waals surface area contributed by atoms with E-state index in [1.807, 2.05) is 24.3 Å². The number of carboxylic acids is 1. The first kappa shape index (κ1) is 13.2. The van der Waals surface area contributed by atoms with Crippen LogP contribution in [0.1, 0.15) is 18.4 Å². The van der Waals surface area contributed by atoms with E-state index in [2.05, 4.69) is 0 Å². The number of carboxylic acid groups (broad SMARTS) is 1. The molecule has 0 spiro atoms. The Morgan fingerprint density at radius 1 is 1.11 bits per heavy atom. The number of ether oxygens (including phenoxy) is 2. The van der Waals surface area contributed by atoms with Crippen LogP contribution in [0.15, 0.2) is 30.3 Å². The lowest BCUT2D eigenvalue weighted by atomic mass is 9.96. The Morgan fingerprint density at radius 3 is 2.42 bits per heavy atom. The third kappa shape index (κ3) is 2.21. The van der Waals surface area contributed by atoms with Gasteiger partial charge in [0, 0.05) is 16.3 Å². The zero-order valence-corrected chi connectivity index (χ0v) is 11.1. The second kappa shape index (κ2) is 5.18. The predicted molar refractivity (Wildman–Crippen MR) is 73.1 cm³/mol. The van der Waals surface area contributed by atoms with Crippen molar-refractivity contribution in [3.8, 4) is 11.5 Å². The summed E-state index contributed by atoms with van der Waals surface area (Å²) < 4.78 is 10.7. The summed E-state index contributed by atoms with van der Waals surface area (Å²) in [7, 11) is 3.15. The zero-order valence-electron chi connectivity index (χ0n) is 11.1. The Balaban J connectivity index is 2.73. The van der Waals surface area contributed by atoms with Crippen LogP contribution in [0.3, 0.4) is 0 Å². The van der Waals surface area contributed by atoms with Gasteiger partial charge in [0.15, 0.2) is 0 Å². The van der Waals surface area contributed by atoms with Crippen LogP contribution in [-0.4, -0.2) is 25.3 Å². The van der Waals surface area contributed by atoms with E-state index in [4.69, 9.17) is 14.6 Å². The van der Waals surface area contributed by atoms with Crippen LogP contribution in [0, 0.1) is 0 Å². The van der Waals surface area contributed by atoms with Crippen molar-refractivity contribution in [1.29, 1.82) is 0 Å². The number of rotatable bonds is 4. The van der Waals surface area contributed by atoms with Crippen LogP contribution < -0.4 is 9.47 Å². The van der Waals surface area contributed by atoms with E-state index >= 15 is 0 Å². The van der Waals surface area contributed by atoms with Crippen molar-refractivity contribution in [2.45, 2.75) is 12.8 Å². The SMILES string of the molecule is COc1cccc2c(OC)c(C(C)C(=O)O)ccc12. The van der Waals surface area contributed by atoms with Gasteiger partial charge >= 0.3 is 5.97 Å². The molecule has 0 aliphatic carbocycles. The van der Waals surface area contributed by atoms with Gasteiger partial charge in [-0.05, 0) is 13.0 Å². The quantitative estimate of drug-likeness (QED) is 0.918. The van der Waals surface area contributed by atoms with Gasteiger partial charge in [-0.2, -0.15) is 0 Å². The molecule has 0 aromatic heterocycles. The topological polar surface area (TPSA) is 55.8 Å². The Morgan fingerprint density at radius 2 is 1.84 bits per heavy atom. The molecular formula is C15H16O4. The van der Waals surface area contributed by atoms with E-state index < -0.39 is 11.9 Å². The van der Waals surface area contributed by atoms with E-state index in [-0.39, 0.29) is 0 Å². The Hall–Kier alpha value is -2.23. The van der Waals surface area contributed by atoms with Crippen molar-refractivity contribution in [2.75, 3.05) is 14.2 Å². The van der Waals surface area contributed by atoms with E-state index in [0.717, 1.165) is 16.5 Å². The molecule has 0 aliphatic rings. The molecule has 1 atom stereocenters. The number of hydrogen-bond acceptors (Lipinski definition) is 3. The fraction of sp³-hybridized carbons (Fsp3) is 0.267. The van der Waals surface area contributed by atoms with Gasteiger partial charge < -0.3 is 14.6 Å². The monoisotopic (exact) mass is 260 g/mol. The zero-order chi connectivity index (χ0) is 14.0. The third-order valence-corrected chi connectivity index (χ3v) is 3.26. The molecule has 0 saturated carbocycles. The standard InChI is InChI=1S/C15H16O4/c1-9(15(16)17)10-7-8-11-12(14(10)19-3)5-4-6-13(11)18-2/h4-9H,1-3H3,(H,16,17). The molecule has 4 heteroatoms. The third-order valence-electron chi connectivity index (χ3n) is 3.26. The average molecular weight is 260 g/mol. The lowest BCUT2D eigenvalue weighted by molar-refractivity contribution is -0.138. The molecule has 0 heterocycles. The van der Waals surface area contributed by atoms with E-state index in [0.29, 0.717) is 11.3 Å². The van der Waals surface area contributed by atoms with Crippen LogP contribution in [0.25, 0.3) is 10.8 Å². The Labute approximate surface area is 111 Å². The van der Waals surface area contributed by atoms with Crippen LogP contribution in [0.4, 0.5) is 0 Å². The first-order valence-corrected chi connectivity index (χ1v) is 5.96. The van der Waals surface area contributed by atoms with Crippen molar-refractivity contribution < 1.29 is 19.4 Å². The van der Waals surface area contributed by atoms with Crippen molar-refractivity contribution in [1.82, 2.24) is 0 Å². The molecule has 0 amide bonds. The second-order valence-corrected chi connectivity index (χ2v) is 4.30. The van der Waals surface area contributed by atoms with Crippen molar-refractivity contribution in [2.24, 2.45) is 0 Å². The van der Waals surface area contributed by atoms with Crippen molar-refractivity contribution in [3.63, 3.8) is 0 Å². The summed E-state index contributed by atoms with van der Waals surface area (Å²) in [5, 5.41) is 10.9. The summed E-state index contributed by atoms with van der Waals surface area (Å²) in [5.74, 6) is -0.164. The average Bonchev–Trinajstić information content (AvgIpc) is 2.44. The second-order valence-electron chi connectivity index (χ2n) is 4.30. The highest BCUT2D eigenvalue weighted by Gasteiger charge is 2.20. The van der Waals surface area contributed by atoms with Crippen LogP contribution in [-0.2, 0) is 4.79 Å². The molecule has 1 unspecified atom stereocenters. The number of fused-ring (bicyclic) bond motifs is 1. The van der Waals surface area contributed by atoms with Gasteiger partial charge in [-0.3, -0.25) is 4.79 Å². The smallest absolute Gasteiger partial charge is 0.310 e. The van der Waals surface area contributed by atoms with Gasteiger partial charge in [0.05, 0.1) is 20.1 Å². The Bertz CT molecular complexity index is 619. The first-order valence-electron chi connectivity index (χ1n) is 5.96. The summed E-state index contributed by atoms with van der Waals surface area (Å²) in [5.41, 5.74) is 0.663. The maximum atomic E-state index is 11.1. The summed E-state index contributed by atoms with van der Waals surface area (Å²) in [6.07, 6.45) is 0. The molecule has 2 aromatic carbocycles. The molecule has 1 N–H and O–H groups in total. The van der Waals surface area contributed by atoms with Gasteiger partial charge in [-0.15, -0.1) is 0 Å². The summed E-state index contributed by atoms with van der Waals surface area (Å²) in [6, 6.07) is 9.27. The molecular weight excluding hydrogens is 244 g/mol. The lowest BCUT2D eigenvalue weighted by Crippen LogP contribution is -2.09. The minimum Gasteiger partial charge on any atom is -0.496 e. The molecule has 2 rings (SSSR count). The summed E-state index contributed by atoms with van der Waals surface area (Å²) in [4.78, 5) is 11.1. The fourth-order valence-corrected chi connectivity index (χ4v) is 2.20. The highest BCUT2D eigenvalue weighted by molar-refractivity contribution is 5.95. The maximum absolute atomic E-state index is 11.1. The molecule has 0 bridgehead atoms. The largest absolute Gasteiger partial charge is 0.496 e. The van der Waals surface area contributed by atoms with Crippen LogP contribution >= 0.6 is 0 Å². The Kier molecular flexibility index (Phi) is 3.60. The van der Waals surface area contributed by atoms with Gasteiger partial charge in [-0.1, -0.05) is 24.3 Å². The first-order chi connectivity index (χ1) is 9.10. The number of carbonyl (C=O) groups is 1. The van der Waals surface area contributed by atoms with Gasteiger partial charge in [0.25, 0.3) is 0 Å². The minimum absolute atomic E-state index is 0.589. The number of methoxy groups -OCH3 is 2. The maximum Gasteiger partial charge on any atom is 0.310 e. The summed E-state index contributed by atoms with van der Waals surface area (Å²) in [6.45, 7) is 1.65. The molecule has 100 valence electrons. The fourth-order valence-electron chi connectivity index (χ4n) is 2.20. The van der Waals surface area contributed by atoms with Crippen LogP contribution in [0.2, 0.25) is 0 Å². The molecule has 2 aromatic rings. The molecule has 19 heavy (non-hydrogen) atoms. The lowest BCUT2D eigenvalue weighted by Gasteiger charge is -2.16. The van der Waals surface area contributed by atoms with Crippen LogP contribution in [0.5, 0.6) is 11.5 Å². The van der Waals surface area contributed by atoms with Crippen molar-refractivity contribution in [3.05, 3.63) is 35.9 Å². The van der Waals surface area contributed by atoms with Gasteiger partial charge in [0.1, 0.15) is 11.5 Å². The minimum atomic E-state index is -0.874. The van der Waals surface area contributed by atoms with Crippen molar-refractivity contribution >= 4 is 16.7 Å². The predicted octanol–water partition coefficient (Wildman–Crippen LogP) is 3.05. The van der Waals surface area contributed by atoms with E-state index in [1.165, 1.54) is 0 Å². The molecule has 0 fully saturated rings. The summed E-state index contributed by atoms with van der Waals surface area (Å²) >= 11 is 0. The van der Waals surface area contributed by atoms with E-state index in [1.54, 1.807) is 27.2 Å². The van der Waals surface area contributed by atoms with Gasteiger partial charge in [0.2, 0.25) is 0 Å².